The van der Waals surface area contributed by atoms with Crippen LogP contribution in [-0.4, -0.2) is 58.3 Å². The molecule has 43 heavy (non-hydrogen) atoms. The molecule has 13 heteroatoms. The summed E-state index contributed by atoms with van der Waals surface area (Å²) in [5.41, 5.74) is -1.58. The van der Waals surface area contributed by atoms with E-state index in [1.165, 1.54) is 25.4 Å². The number of nitrogens with one attached hydrogen (secondary N) is 3. The average molecular weight is 596 g/mol. The average Bonchev–Trinajstić information content (AvgIpc) is 2.94. The molecule has 12 nitrogen and oxygen atoms in total. The van der Waals surface area contributed by atoms with Crippen molar-refractivity contribution in [2.24, 2.45) is 5.41 Å². The number of amides is 3. The van der Waals surface area contributed by atoms with E-state index >= 15 is 0 Å². The van der Waals surface area contributed by atoms with Crippen molar-refractivity contribution in [1.82, 2.24) is 25.5 Å². The van der Waals surface area contributed by atoms with Gasteiger partial charge in [0.1, 0.15) is 28.0 Å². The van der Waals surface area contributed by atoms with Crippen molar-refractivity contribution < 1.29 is 33.4 Å². The zero-order valence-corrected chi connectivity index (χ0v) is 24.8. The van der Waals surface area contributed by atoms with Crippen LogP contribution in [0.15, 0.2) is 41.0 Å². The van der Waals surface area contributed by atoms with E-state index in [2.05, 4.69) is 20.9 Å². The fourth-order valence-electron chi connectivity index (χ4n) is 4.33. The monoisotopic (exact) mass is 595 g/mol. The van der Waals surface area contributed by atoms with Crippen LogP contribution in [0.2, 0.25) is 0 Å². The van der Waals surface area contributed by atoms with Crippen LogP contribution in [-0.2, 0) is 16.0 Å². The molecular weight excluding hydrogens is 561 g/mol. The topological polar surface area (TPSA) is 161 Å². The third kappa shape index (κ3) is 6.93. The lowest BCUT2D eigenvalue weighted by Gasteiger charge is -2.27. The number of carbonyl (C=O) groups is 3. The number of hydrogen-bond acceptors (Lipinski definition) is 8. The molecule has 3 amide bonds. The Kier molecular flexibility index (Phi) is 8.47. The van der Waals surface area contributed by atoms with Gasteiger partial charge in [-0.3, -0.25) is 23.9 Å². The number of aromatic nitrogens is 2. The summed E-state index contributed by atoms with van der Waals surface area (Å²) in [6, 6.07) is 5.74. The molecule has 4 N–H and O–H groups in total. The van der Waals surface area contributed by atoms with Crippen molar-refractivity contribution in [1.29, 1.82) is 0 Å². The van der Waals surface area contributed by atoms with E-state index in [0.717, 1.165) is 10.8 Å². The smallest absolute Gasteiger partial charge is 0.407 e. The van der Waals surface area contributed by atoms with Crippen molar-refractivity contribution in [3.8, 4) is 11.5 Å². The first-order chi connectivity index (χ1) is 20.1. The van der Waals surface area contributed by atoms with Crippen molar-refractivity contribution >= 4 is 35.1 Å². The third-order valence-electron chi connectivity index (χ3n) is 6.50. The Bertz CT molecular complexity index is 1690. The van der Waals surface area contributed by atoms with E-state index in [4.69, 9.17) is 9.47 Å². The number of aromatic hydroxyl groups is 1. The Morgan fingerprint density at radius 3 is 2.33 bits per heavy atom. The lowest BCUT2D eigenvalue weighted by molar-refractivity contribution is -0.119. The van der Waals surface area contributed by atoms with Gasteiger partial charge in [0.15, 0.2) is 11.5 Å². The lowest BCUT2D eigenvalue weighted by Crippen LogP contribution is -2.44. The second kappa shape index (κ2) is 11.7. The van der Waals surface area contributed by atoms with Crippen molar-refractivity contribution in [3.63, 3.8) is 0 Å². The number of nitrogens with zero attached hydrogens (tertiary/aromatic N) is 2. The lowest BCUT2D eigenvalue weighted by atomic mass is 9.93. The summed E-state index contributed by atoms with van der Waals surface area (Å²) in [5.74, 6) is -2.73. The van der Waals surface area contributed by atoms with Gasteiger partial charge in [0.25, 0.3) is 17.4 Å². The molecule has 4 rings (SSSR count). The number of pyridine rings is 2. The molecule has 2 aromatic heterocycles. The molecule has 0 fully saturated rings. The molecule has 0 spiro atoms. The fraction of sp³-hybridized carbons (Fsp3) is 0.367. The van der Waals surface area contributed by atoms with Gasteiger partial charge in [0.2, 0.25) is 5.76 Å². The molecule has 1 aliphatic rings. The number of benzene rings is 1. The molecule has 1 aromatic carbocycles. The second-order valence-electron chi connectivity index (χ2n) is 11.9. The van der Waals surface area contributed by atoms with Gasteiger partial charge in [-0.15, -0.1) is 0 Å². The molecule has 0 bridgehead atoms. The van der Waals surface area contributed by atoms with Crippen molar-refractivity contribution in [2.45, 2.75) is 46.6 Å². The van der Waals surface area contributed by atoms with Crippen molar-refractivity contribution in [2.75, 3.05) is 20.1 Å². The van der Waals surface area contributed by atoms with Gasteiger partial charge in [-0.05, 0) is 43.9 Å². The quantitative estimate of drug-likeness (QED) is 0.309. The maximum atomic E-state index is 13.5. The zero-order valence-electron chi connectivity index (χ0n) is 24.8. The van der Waals surface area contributed by atoms with Gasteiger partial charge in [-0.1, -0.05) is 26.0 Å². The highest BCUT2D eigenvalue weighted by molar-refractivity contribution is 6.04. The minimum atomic E-state index is -0.887. The number of halogens is 1. The zero-order chi connectivity index (χ0) is 31.7. The minimum Gasteiger partial charge on any atom is -0.505 e. The summed E-state index contributed by atoms with van der Waals surface area (Å²) in [5, 5.41) is 18.6. The first kappa shape index (κ1) is 31.0. The first-order valence-corrected chi connectivity index (χ1v) is 13.5. The van der Waals surface area contributed by atoms with E-state index < -0.39 is 51.6 Å². The Morgan fingerprint density at radius 2 is 1.70 bits per heavy atom. The summed E-state index contributed by atoms with van der Waals surface area (Å²) < 4.78 is 25.8. The summed E-state index contributed by atoms with van der Waals surface area (Å²) in [4.78, 5) is 55.7. The van der Waals surface area contributed by atoms with E-state index in [0.29, 0.717) is 11.1 Å². The van der Waals surface area contributed by atoms with Gasteiger partial charge in [-0.2, -0.15) is 0 Å². The highest BCUT2D eigenvalue weighted by atomic mass is 19.1. The van der Waals surface area contributed by atoms with Crippen LogP contribution in [0.5, 0.6) is 11.5 Å². The number of carbonyl (C=O) groups excluding carboxylic acids is 3. The molecule has 0 saturated heterocycles. The van der Waals surface area contributed by atoms with Crippen LogP contribution in [0.25, 0.3) is 17.2 Å². The van der Waals surface area contributed by atoms with Gasteiger partial charge < -0.3 is 30.5 Å². The molecule has 0 radical (unpaired) electrons. The minimum absolute atomic E-state index is 0.0632. The Labute approximate surface area is 246 Å². The molecular formula is C30H34FN5O7. The Hall–Kier alpha value is -4.94. The molecule has 0 aliphatic carbocycles. The fourth-order valence-corrected chi connectivity index (χ4v) is 4.33. The van der Waals surface area contributed by atoms with Gasteiger partial charge in [0.05, 0.1) is 6.20 Å². The second-order valence-corrected chi connectivity index (χ2v) is 11.9. The van der Waals surface area contributed by atoms with Crippen LogP contribution in [0.1, 0.15) is 56.1 Å². The van der Waals surface area contributed by atoms with Crippen LogP contribution in [0.3, 0.4) is 0 Å². The summed E-state index contributed by atoms with van der Waals surface area (Å²) in [6.07, 6.45) is 2.14. The normalized spacial score (nSPS) is 12.7. The van der Waals surface area contributed by atoms with Crippen LogP contribution in [0, 0.1) is 11.2 Å². The molecule has 0 saturated carbocycles. The van der Waals surface area contributed by atoms with E-state index in [1.807, 2.05) is 13.8 Å². The molecule has 3 heterocycles. The number of alkyl carbamates (subject to hydrolysis) is 1. The van der Waals surface area contributed by atoms with Crippen LogP contribution in [0.4, 0.5) is 9.18 Å². The Morgan fingerprint density at radius 1 is 1.05 bits per heavy atom. The number of ether oxygens (including phenoxy) is 2. The predicted octanol–water partition coefficient (Wildman–Crippen LogP) is 3.05. The standard InChI is InChI=1S/C30H34FN5O7/c1-29(2,3)43-28(41)35-15-30(4,5)14-34-25(38)19-13-36-22-21(23(37)20(27(36)40)26(39)32-6)33-12-17(24(22)42-19)11-16-7-9-18(31)10-8-16/h7-10,12-13,37H,11,14-15H2,1-6H3,(H,32,39)(H,34,38)(H,35,41). The molecule has 228 valence electrons. The molecule has 1 aliphatic heterocycles. The first-order valence-electron chi connectivity index (χ1n) is 13.5. The maximum Gasteiger partial charge on any atom is 0.407 e. The number of hydrogen-bond donors (Lipinski definition) is 4. The predicted molar refractivity (Wildman–Crippen MR) is 156 cm³/mol. The highest BCUT2D eigenvalue weighted by Crippen LogP contribution is 2.38. The highest BCUT2D eigenvalue weighted by Gasteiger charge is 2.31. The third-order valence-corrected chi connectivity index (χ3v) is 6.50. The van der Waals surface area contributed by atoms with Gasteiger partial charge >= 0.3 is 6.09 Å². The van der Waals surface area contributed by atoms with Crippen LogP contribution < -0.4 is 26.2 Å². The SMILES string of the molecule is CNC(=O)c1c(O)c2ncc(Cc3ccc(F)cc3)c3c2n(c1=O)C=C(C(=O)NCC(C)(C)CNC(=O)OC(C)(C)C)O3. The largest absolute Gasteiger partial charge is 0.505 e. The van der Waals surface area contributed by atoms with E-state index in [9.17, 15) is 28.7 Å². The molecule has 3 aromatic rings. The van der Waals surface area contributed by atoms with Crippen LogP contribution >= 0.6 is 0 Å². The Balaban J connectivity index is 1.67. The van der Waals surface area contributed by atoms with Gasteiger partial charge in [0, 0.05) is 38.3 Å². The van der Waals surface area contributed by atoms with E-state index in [-0.39, 0.29) is 42.1 Å². The summed E-state index contributed by atoms with van der Waals surface area (Å²) >= 11 is 0. The summed E-state index contributed by atoms with van der Waals surface area (Å²) in [7, 11) is 1.31. The summed E-state index contributed by atoms with van der Waals surface area (Å²) in [6.45, 7) is 9.20. The van der Waals surface area contributed by atoms with E-state index in [1.54, 1.807) is 32.9 Å². The number of rotatable bonds is 8. The molecule has 0 unspecified atom stereocenters. The maximum absolute atomic E-state index is 13.5. The van der Waals surface area contributed by atoms with Crippen molar-refractivity contribution in [3.05, 3.63) is 69.1 Å². The van der Waals surface area contributed by atoms with Gasteiger partial charge in [-0.25, -0.2) is 9.18 Å². The molecule has 0 atom stereocenters.